The molecule has 150 valence electrons. The fourth-order valence-electron chi connectivity index (χ4n) is 2.86. The van der Waals surface area contributed by atoms with E-state index < -0.39 is 0 Å². The maximum absolute atomic E-state index is 11.8. The standard InChI is InChI=1S/C24H26N2O2S/c1-3-5-6-7-9-23(27)28-21-16-14-19(15-17-21)18-10-12-20(13-11-18)24-26-25-22(29-24)8-4-2/h7,9-17H,3-6,8H2,1-2H3/b9-7+. The Morgan fingerprint density at radius 2 is 1.59 bits per heavy atom. The molecule has 0 unspecified atom stereocenters. The van der Waals surface area contributed by atoms with Gasteiger partial charge in [-0.2, -0.15) is 0 Å². The van der Waals surface area contributed by atoms with Crippen molar-refractivity contribution < 1.29 is 9.53 Å². The Morgan fingerprint density at radius 3 is 2.24 bits per heavy atom. The summed E-state index contributed by atoms with van der Waals surface area (Å²) in [5, 5.41) is 10.6. The molecule has 0 saturated heterocycles. The average Bonchev–Trinajstić information content (AvgIpc) is 3.21. The highest BCUT2D eigenvalue weighted by atomic mass is 32.1. The maximum Gasteiger partial charge on any atom is 0.335 e. The number of unbranched alkanes of at least 4 members (excludes halogenated alkanes) is 2. The van der Waals surface area contributed by atoms with Crippen LogP contribution >= 0.6 is 11.3 Å². The minimum Gasteiger partial charge on any atom is -0.423 e. The van der Waals surface area contributed by atoms with Crippen molar-refractivity contribution in [2.45, 2.75) is 46.0 Å². The molecule has 3 aromatic rings. The van der Waals surface area contributed by atoms with Gasteiger partial charge in [-0.1, -0.05) is 80.5 Å². The van der Waals surface area contributed by atoms with Crippen LogP contribution in [0.5, 0.6) is 5.75 Å². The molecule has 0 fully saturated rings. The molecule has 5 heteroatoms. The van der Waals surface area contributed by atoms with Gasteiger partial charge in [-0.25, -0.2) is 4.79 Å². The van der Waals surface area contributed by atoms with Gasteiger partial charge in [0.15, 0.2) is 0 Å². The van der Waals surface area contributed by atoms with Crippen LogP contribution in [-0.2, 0) is 11.2 Å². The van der Waals surface area contributed by atoms with Crippen molar-refractivity contribution >= 4 is 17.3 Å². The van der Waals surface area contributed by atoms with Crippen LogP contribution in [0.4, 0.5) is 0 Å². The van der Waals surface area contributed by atoms with E-state index in [-0.39, 0.29) is 5.97 Å². The van der Waals surface area contributed by atoms with Crippen molar-refractivity contribution in [1.82, 2.24) is 10.2 Å². The van der Waals surface area contributed by atoms with Crippen LogP contribution in [0.3, 0.4) is 0 Å². The molecular weight excluding hydrogens is 380 g/mol. The lowest BCUT2D eigenvalue weighted by molar-refractivity contribution is -0.129. The minimum absolute atomic E-state index is 0.335. The molecule has 29 heavy (non-hydrogen) atoms. The van der Waals surface area contributed by atoms with Crippen LogP contribution in [0.25, 0.3) is 21.7 Å². The van der Waals surface area contributed by atoms with Crippen LogP contribution in [0.15, 0.2) is 60.7 Å². The quantitative estimate of drug-likeness (QED) is 0.177. The zero-order valence-corrected chi connectivity index (χ0v) is 17.7. The number of nitrogens with zero attached hydrogens (tertiary/aromatic N) is 2. The van der Waals surface area contributed by atoms with Crippen molar-refractivity contribution in [1.29, 1.82) is 0 Å². The van der Waals surface area contributed by atoms with Gasteiger partial charge in [0.05, 0.1) is 0 Å². The van der Waals surface area contributed by atoms with Crippen LogP contribution < -0.4 is 4.74 Å². The number of aromatic nitrogens is 2. The highest BCUT2D eigenvalue weighted by Crippen LogP contribution is 2.28. The number of carbonyl (C=O) groups excluding carboxylic acids is 1. The number of esters is 1. The van der Waals surface area contributed by atoms with Gasteiger partial charge in [-0.05, 0) is 36.1 Å². The van der Waals surface area contributed by atoms with Crippen LogP contribution in [0.1, 0.15) is 44.5 Å². The third kappa shape index (κ3) is 6.09. The molecule has 0 spiro atoms. The van der Waals surface area contributed by atoms with Gasteiger partial charge < -0.3 is 4.74 Å². The molecule has 2 aromatic carbocycles. The second-order valence-electron chi connectivity index (χ2n) is 6.82. The second-order valence-corrected chi connectivity index (χ2v) is 7.88. The van der Waals surface area contributed by atoms with Gasteiger partial charge in [0, 0.05) is 18.1 Å². The summed E-state index contributed by atoms with van der Waals surface area (Å²) < 4.78 is 5.34. The van der Waals surface area contributed by atoms with Crippen LogP contribution in [0.2, 0.25) is 0 Å². The van der Waals surface area contributed by atoms with Gasteiger partial charge in [0.1, 0.15) is 15.8 Å². The first-order valence-corrected chi connectivity index (χ1v) is 10.9. The summed E-state index contributed by atoms with van der Waals surface area (Å²) in [4.78, 5) is 11.8. The van der Waals surface area contributed by atoms with E-state index in [4.69, 9.17) is 4.74 Å². The molecule has 0 aliphatic heterocycles. The van der Waals surface area contributed by atoms with Crippen molar-refractivity contribution in [3.8, 4) is 27.4 Å². The second kappa shape index (κ2) is 10.7. The molecule has 0 saturated carbocycles. The van der Waals surface area contributed by atoms with E-state index in [1.165, 1.54) is 6.08 Å². The number of aryl methyl sites for hydroxylation is 1. The Kier molecular flexibility index (Phi) is 7.70. The number of allylic oxidation sites excluding steroid dienone is 1. The van der Waals surface area contributed by atoms with Gasteiger partial charge in [0.25, 0.3) is 0 Å². The molecule has 0 radical (unpaired) electrons. The summed E-state index contributed by atoms with van der Waals surface area (Å²) in [6, 6.07) is 15.9. The van der Waals surface area contributed by atoms with E-state index in [0.717, 1.165) is 58.8 Å². The summed E-state index contributed by atoms with van der Waals surface area (Å²) in [5.74, 6) is 0.213. The Hall–Kier alpha value is -2.79. The van der Waals surface area contributed by atoms with E-state index >= 15 is 0 Å². The van der Waals surface area contributed by atoms with Gasteiger partial charge >= 0.3 is 5.97 Å². The van der Waals surface area contributed by atoms with E-state index in [1.807, 2.05) is 30.3 Å². The molecule has 1 heterocycles. The number of hydrogen-bond donors (Lipinski definition) is 0. The first-order chi connectivity index (χ1) is 14.2. The number of benzene rings is 2. The predicted octanol–water partition coefficient (Wildman–Crippen LogP) is 6.48. The molecule has 0 atom stereocenters. The van der Waals surface area contributed by atoms with Gasteiger partial charge in [-0.3, -0.25) is 0 Å². The zero-order valence-electron chi connectivity index (χ0n) is 16.9. The third-order valence-corrected chi connectivity index (χ3v) is 5.48. The van der Waals surface area contributed by atoms with E-state index in [9.17, 15) is 4.79 Å². The topological polar surface area (TPSA) is 52.1 Å². The number of hydrogen-bond acceptors (Lipinski definition) is 5. The summed E-state index contributed by atoms with van der Waals surface area (Å²) in [5.41, 5.74) is 3.25. The molecule has 0 amide bonds. The highest BCUT2D eigenvalue weighted by Gasteiger charge is 2.07. The Labute approximate surface area is 176 Å². The van der Waals surface area contributed by atoms with E-state index in [1.54, 1.807) is 11.3 Å². The molecule has 4 nitrogen and oxygen atoms in total. The lowest BCUT2D eigenvalue weighted by atomic mass is 10.0. The Bertz CT molecular complexity index is 944. The van der Waals surface area contributed by atoms with Crippen molar-refractivity contribution in [2.24, 2.45) is 0 Å². The first-order valence-electron chi connectivity index (χ1n) is 10.1. The lowest BCUT2D eigenvalue weighted by Gasteiger charge is -2.05. The largest absolute Gasteiger partial charge is 0.423 e. The van der Waals surface area contributed by atoms with Crippen LogP contribution in [-0.4, -0.2) is 16.2 Å². The van der Waals surface area contributed by atoms with Crippen LogP contribution in [0, 0.1) is 0 Å². The number of rotatable bonds is 9. The smallest absolute Gasteiger partial charge is 0.335 e. The summed E-state index contributed by atoms with van der Waals surface area (Å²) in [6.45, 7) is 4.27. The molecule has 0 bridgehead atoms. The summed E-state index contributed by atoms with van der Waals surface area (Å²) in [6.07, 6.45) is 8.51. The average molecular weight is 407 g/mol. The minimum atomic E-state index is -0.335. The van der Waals surface area contributed by atoms with E-state index in [0.29, 0.717) is 5.75 Å². The SMILES string of the molecule is CCCC/C=C/C(=O)Oc1ccc(-c2ccc(-c3nnc(CCC)s3)cc2)cc1. The van der Waals surface area contributed by atoms with Crippen molar-refractivity contribution in [3.63, 3.8) is 0 Å². The predicted molar refractivity (Wildman–Crippen MR) is 119 cm³/mol. The molecule has 3 rings (SSSR count). The molecule has 0 N–H and O–H groups in total. The fourth-order valence-corrected chi connectivity index (χ4v) is 3.80. The fraction of sp³-hybridized carbons (Fsp3) is 0.292. The van der Waals surface area contributed by atoms with E-state index in [2.05, 4.69) is 48.3 Å². The zero-order chi connectivity index (χ0) is 20.5. The Morgan fingerprint density at radius 1 is 0.931 bits per heavy atom. The third-order valence-electron chi connectivity index (χ3n) is 4.45. The summed E-state index contributed by atoms with van der Waals surface area (Å²) >= 11 is 1.65. The maximum atomic E-state index is 11.8. The van der Waals surface area contributed by atoms with Crippen molar-refractivity contribution in [3.05, 3.63) is 65.7 Å². The Balaban J connectivity index is 1.62. The molecule has 1 aromatic heterocycles. The molecule has 0 aliphatic rings. The first kappa shape index (κ1) is 20.9. The normalized spacial score (nSPS) is 11.1. The van der Waals surface area contributed by atoms with Gasteiger partial charge in [0.2, 0.25) is 0 Å². The summed E-state index contributed by atoms with van der Waals surface area (Å²) in [7, 11) is 0. The monoisotopic (exact) mass is 406 g/mol. The number of ether oxygens (including phenoxy) is 1. The van der Waals surface area contributed by atoms with Crippen molar-refractivity contribution in [2.75, 3.05) is 0 Å². The lowest BCUT2D eigenvalue weighted by Crippen LogP contribution is -2.03. The number of carbonyl (C=O) groups is 1. The van der Waals surface area contributed by atoms with Gasteiger partial charge in [-0.15, -0.1) is 10.2 Å². The molecular formula is C24H26N2O2S. The molecule has 0 aliphatic carbocycles. The highest BCUT2D eigenvalue weighted by molar-refractivity contribution is 7.14.